The maximum atomic E-state index is 12.2. The quantitative estimate of drug-likeness (QED) is 0.713. The molecular weight excluding hydrogens is 332 g/mol. The number of nitrogens with two attached hydrogens (primary N) is 1. The fraction of sp³-hybridized carbons (Fsp3) is 0.526. The van der Waals surface area contributed by atoms with E-state index in [4.69, 9.17) is 15.0 Å². The van der Waals surface area contributed by atoms with Gasteiger partial charge < -0.3 is 20.3 Å². The molecule has 3 N–H and O–H groups in total. The van der Waals surface area contributed by atoms with Crippen molar-refractivity contribution in [3.8, 4) is 17.1 Å². The highest BCUT2D eigenvalue weighted by molar-refractivity contribution is 5.76. The Kier molecular flexibility index (Phi) is 5.56. The van der Waals surface area contributed by atoms with E-state index >= 15 is 0 Å². The van der Waals surface area contributed by atoms with Crippen LogP contribution in [0.3, 0.4) is 0 Å². The van der Waals surface area contributed by atoms with Gasteiger partial charge in [0.1, 0.15) is 5.75 Å². The van der Waals surface area contributed by atoms with E-state index in [0.717, 1.165) is 24.2 Å². The molecule has 1 heterocycles. The molecule has 1 aromatic heterocycles. The normalized spacial score (nSPS) is 16.1. The standard InChI is InChI=1S/C19H26N4O3/c1-19(12-20,14-8-9-14)22-16(24)4-3-5-17-21-18(23-26-17)13-6-10-15(25-2)11-7-13/h6-7,10-11,14H,3-5,8-9,12,20H2,1-2H3,(H,22,24). The molecule has 0 spiro atoms. The van der Waals surface area contributed by atoms with E-state index in [1.807, 2.05) is 31.2 Å². The number of hydrogen-bond acceptors (Lipinski definition) is 6. The van der Waals surface area contributed by atoms with Crippen LogP contribution in [0.4, 0.5) is 0 Å². The van der Waals surface area contributed by atoms with Crippen molar-refractivity contribution in [1.82, 2.24) is 15.5 Å². The molecule has 1 aromatic carbocycles. The predicted molar refractivity (Wildman–Crippen MR) is 97.6 cm³/mol. The van der Waals surface area contributed by atoms with Gasteiger partial charge in [0.2, 0.25) is 17.6 Å². The number of rotatable bonds is 9. The summed E-state index contributed by atoms with van der Waals surface area (Å²) < 4.78 is 10.4. The lowest BCUT2D eigenvalue weighted by Gasteiger charge is -2.29. The van der Waals surface area contributed by atoms with E-state index in [2.05, 4.69) is 15.5 Å². The molecule has 1 aliphatic rings. The number of ether oxygens (including phenoxy) is 1. The number of hydrogen-bond donors (Lipinski definition) is 2. The van der Waals surface area contributed by atoms with Gasteiger partial charge >= 0.3 is 0 Å². The SMILES string of the molecule is COc1ccc(-c2noc(CCCC(=O)NC(C)(CN)C3CC3)n2)cc1. The average molecular weight is 358 g/mol. The van der Waals surface area contributed by atoms with E-state index in [1.165, 1.54) is 0 Å². The first-order chi connectivity index (χ1) is 12.5. The lowest BCUT2D eigenvalue weighted by Crippen LogP contribution is -2.53. The van der Waals surface area contributed by atoms with Crippen LogP contribution in [-0.2, 0) is 11.2 Å². The Balaban J connectivity index is 1.48. The van der Waals surface area contributed by atoms with E-state index < -0.39 is 0 Å². The van der Waals surface area contributed by atoms with Crippen molar-refractivity contribution in [3.63, 3.8) is 0 Å². The minimum absolute atomic E-state index is 0.0275. The number of nitrogens with one attached hydrogen (secondary N) is 1. The molecular formula is C19H26N4O3. The van der Waals surface area contributed by atoms with Crippen molar-refractivity contribution in [2.45, 2.75) is 44.6 Å². The van der Waals surface area contributed by atoms with Crippen molar-refractivity contribution in [3.05, 3.63) is 30.2 Å². The first-order valence-electron chi connectivity index (χ1n) is 9.02. The molecule has 7 nitrogen and oxygen atoms in total. The zero-order valence-electron chi connectivity index (χ0n) is 15.3. The average Bonchev–Trinajstić information content (AvgIpc) is 3.42. The minimum atomic E-state index is -0.275. The van der Waals surface area contributed by atoms with Gasteiger partial charge in [0.25, 0.3) is 0 Å². The summed E-state index contributed by atoms with van der Waals surface area (Å²) in [6, 6.07) is 7.47. The van der Waals surface area contributed by atoms with Crippen molar-refractivity contribution in [2.75, 3.05) is 13.7 Å². The van der Waals surface area contributed by atoms with Gasteiger partial charge in [0.05, 0.1) is 12.6 Å². The van der Waals surface area contributed by atoms with Gasteiger partial charge in [-0.25, -0.2) is 0 Å². The second-order valence-corrected chi connectivity index (χ2v) is 7.04. The Morgan fingerprint density at radius 1 is 1.38 bits per heavy atom. The van der Waals surface area contributed by atoms with E-state index in [9.17, 15) is 4.79 Å². The summed E-state index contributed by atoms with van der Waals surface area (Å²) in [5.41, 5.74) is 6.42. The fourth-order valence-electron chi connectivity index (χ4n) is 3.04. The molecule has 0 aliphatic heterocycles. The van der Waals surface area contributed by atoms with Crippen LogP contribution in [0.5, 0.6) is 5.75 Å². The number of nitrogens with zero attached hydrogens (tertiary/aromatic N) is 2. The molecule has 0 saturated heterocycles. The van der Waals surface area contributed by atoms with E-state index in [-0.39, 0.29) is 11.4 Å². The number of aryl methyl sites for hydroxylation is 1. The Labute approximate surface area is 153 Å². The summed E-state index contributed by atoms with van der Waals surface area (Å²) in [7, 11) is 1.62. The predicted octanol–water partition coefficient (Wildman–Crippen LogP) is 2.31. The summed E-state index contributed by atoms with van der Waals surface area (Å²) in [5, 5.41) is 7.09. The molecule has 1 fully saturated rings. The van der Waals surface area contributed by atoms with Gasteiger partial charge in [-0.2, -0.15) is 4.98 Å². The molecule has 3 rings (SSSR count). The summed E-state index contributed by atoms with van der Waals surface area (Å²) in [6.45, 7) is 2.50. The largest absolute Gasteiger partial charge is 0.497 e. The lowest BCUT2D eigenvalue weighted by molar-refractivity contribution is -0.123. The molecule has 1 saturated carbocycles. The molecule has 0 bridgehead atoms. The monoisotopic (exact) mass is 358 g/mol. The molecule has 1 atom stereocenters. The molecule has 1 amide bonds. The third-order valence-corrected chi connectivity index (χ3v) is 4.94. The van der Waals surface area contributed by atoms with Gasteiger partial charge in [-0.05, 0) is 56.4 Å². The van der Waals surface area contributed by atoms with Crippen LogP contribution < -0.4 is 15.8 Å². The van der Waals surface area contributed by atoms with Crippen LogP contribution >= 0.6 is 0 Å². The summed E-state index contributed by atoms with van der Waals surface area (Å²) in [4.78, 5) is 16.6. The van der Waals surface area contributed by atoms with Gasteiger partial charge in [-0.15, -0.1) is 0 Å². The lowest BCUT2D eigenvalue weighted by atomic mass is 9.95. The Bertz CT molecular complexity index is 739. The van der Waals surface area contributed by atoms with Crippen molar-refractivity contribution < 1.29 is 14.1 Å². The summed E-state index contributed by atoms with van der Waals surface area (Å²) >= 11 is 0. The highest BCUT2D eigenvalue weighted by Crippen LogP contribution is 2.39. The molecule has 1 aliphatic carbocycles. The second-order valence-electron chi connectivity index (χ2n) is 7.04. The van der Waals surface area contributed by atoms with E-state index in [1.54, 1.807) is 7.11 Å². The van der Waals surface area contributed by atoms with Gasteiger partial charge in [-0.1, -0.05) is 5.16 Å². The fourth-order valence-corrected chi connectivity index (χ4v) is 3.04. The molecule has 1 unspecified atom stereocenters. The topological polar surface area (TPSA) is 103 Å². The Morgan fingerprint density at radius 2 is 2.12 bits per heavy atom. The number of carbonyl (C=O) groups excluding carboxylic acids is 1. The maximum absolute atomic E-state index is 12.2. The van der Waals surface area contributed by atoms with Gasteiger partial charge in [0.15, 0.2) is 0 Å². The molecule has 0 radical (unpaired) electrons. The van der Waals surface area contributed by atoms with Crippen LogP contribution in [0, 0.1) is 5.92 Å². The Morgan fingerprint density at radius 3 is 2.73 bits per heavy atom. The highest BCUT2D eigenvalue weighted by atomic mass is 16.5. The third kappa shape index (κ3) is 4.40. The van der Waals surface area contributed by atoms with Crippen molar-refractivity contribution in [2.24, 2.45) is 11.7 Å². The summed E-state index contributed by atoms with van der Waals surface area (Å²) in [6.07, 6.45) is 3.93. The van der Waals surface area contributed by atoms with Crippen molar-refractivity contribution in [1.29, 1.82) is 0 Å². The maximum Gasteiger partial charge on any atom is 0.226 e. The van der Waals surface area contributed by atoms with Gasteiger partial charge in [-0.3, -0.25) is 4.79 Å². The first-order valence-corrected chi connectivity index (χ1v) is 9.02. The number of carbonyl (C=O) groups is 1. The zero-order chi connectivity index (χ0) is 18.6. The first kappa shape index (κ1) is 18.4. The number of methoxy groups -OCH3 is 1. The smallest absolute Gasteiger partial charge is 0.226 e. The number of benzene rings is 1. The zero-order valence-corrected chi connectivity index (χ0v) is 15.3. The van der Waals surface area contributed by atoms with Crippen LogP contribution in [-0.4, -0.2) is 35.2 Å². The second kappa shape index (κ2) is 7.86. The Hall–Kier alpha value is -2.41. The molecule has 2 aromatic rings. The molecule has 7 heteroatoms. The summed E-state index contributed by atoms with van der Waals surface area (Å²) in [5.74, 6) is 2.39. The number of amides is 1. The van der Waals surface area contributed by atoms with Crippen LogP contribution in [0.2, 0.25) is 0 Å². The minimum Gasteiger partial charge on any atom is -0.497 e. The highest BCUT2D eigenvalue weighted by Gasteiger charge is 2.41. The van der Waals surface area contributed by atoms with Gasteiger partial charge in [0, 0.05) is 24.9 Å². The third-order valence-electron chi connectivity index (χ3n) is 4.94. The van der Waals surface area contributed by atoms with E-state index in [0.29, 0.717) is 43.4 Å². The van der Waals surface area contributed by atoms with Crippen LogP contribution in [0.25, 0.3) is 11.4 Å². The van der Waals surface area contributed by atoms with Crippen LogP contribution in [0.15, 0.2) is 28.8 Å². The molecule has 140 valence electrons. The van der Waals surface area contributed by atoms with Crippen molar-refractivity contribution >= 4 is 5.91 Å². The molecule has 26 heavy (non-hydrogen) atoms. The van der Waals surface area contributed by atoms with Crippen LogP contribution in [0.1, 0.15) is 38.5 Å². The number of aromatic nitrogens is 2.